The van der Waals surface area contributed by atoms with Crippen LogP contribution in [0.3, 0.4) is 0 Å². The number of rotatable bonds is 5. The van der Waals surface area contributed by atoms with Crippen LogP contribution in [-0.4, -0.2) is 11.7 Å². The van der Waals surface area contributed by atoms with Crippen molar-refractivity contribution >= 4 is 17.4 Å². The highest BCUT2D eigenvalue weighted by Gasteiger charge is 2.21. The zero-order chi connectivity index (χ0) is 12.0. The molecule has 1 amide bonds. The largest absolute Gasteiger partial charge is 0.325 e. The van der Waals surface area contributed by atoms with Crippen molar-refractivity contribution in [3.63, 3.8) is 0 Å². The Morgan fingerprint density at radius 1 is 1.38 bits per heavy atom. The molecule has 0 heterocycles. The SMILES string of the molecule is C=CC[C@H](C(C)=O)C(=O)Nc1ccccc1. The number of carbonyl (C=O) groups excluding carboxylic acids is 2. The Hall–Kier alpha value is -1.90. The Morgan fingerprint density at radius 3 is 2.50 bits per heavy atom. The number of anilines is 1. The zero-order valence-corrected chi connectivity index (χ0v) is 9.27. The number of nitrogens with one attached hydrogen (secondary N) is 1. The highest BCUT2D eigenvalue weighted by molar-refractivity contribution is 6.06. The molecule has 0 aromatic heterocycles. The topological polar surface area (TPSA) is 46.2 Å². The van der Waals surface area contributed by atoms with Crippen molar-refractivity contribution < 1.29 is 9.59 Å². The molecule has 0 fully saturated rings. The van der Waals surface area contributed by atoms with E-state index in [1.54, 1.807) is 18.2 Å². The first-order valence-corrected chi connectivity index (χ1v) is 5.12. The van der Waals surface area contributed by atoms with Gasteiger partial charge >= 0.3 is 0 Å². The minimum absolute atomic E-state index is 0.145. The fourth-order valence-electron chi connectivity index (χ4n) is 1.38. The summed E-state index contributed by atoms with van der Waals surface area (Å²) < 4.78 is 0. The lowest BCUT2D eigenvalue weighted by atomic mass is 10.0. The molecule has 0 unspecified atom stereocenters. The first-order valence-electron chi connectivity index (χ1n) is 5.12. The Balaban J connectivity index is 2.69. The number of Topliss-reactive ketones (excluding diaryl/α,β-unsaturated/α-hetero) is 1. The Morgan fingerprint density at radius 2 is 2.00 bits per heavy atom. The monoisotopic (exact) mass is 217 g/mol. The standard InChI is InChI=1S/C13H15NO2/c1-3-7-12(10(2)15)13(16)14-11-8-5-4-6-9-11/h3-6,8-9,12H,1,7H2,2H3,(H,14,16)/t12-/m1/s1. The van der Waals surface area contributed by atoms with Crippen molar-refractivity contribution in [3.8, 4) is 0 Å². The number of allylic oxidation sites excluding steroid dienone is 1. The number of hydrogen-bond acceptors (Lipinski definition) is 2. The lowest BCUT2D eigenvalue weighted by molar-refractivity contribution is -0.129. The maximum atomic E-state index is 11.8. The molecule has 3 nitrogen and oxygen atoms in total. The van der Waals surface area contributed by atoms with Gasteiger partial charge in [-0.2, -0.15) is 0 Å². The van der Waals surface area contributed by atoms with Crippen LogP contribution in [0, 0.1) is 5.92 Å². The first-order chi connectivity index (χ1) is 7.65. The van der Waals surface area contributed by atoms with E-state index in [9.17, 15) is 9.59 Å². The van der Waals surface area contributed by atoms with Gasteiger partial charge in [0.05, 0.1) is 5.92 Å². The molecule has 0 spiro atoms. The lowest BCUT2D eigenvalue weighted by Crippen LogP contribution is -2.27. The van der Waals surface area contributed by atoms with E-state index in [1.807, 2.05) is 18.2 Å². The second-order valence-corrected chi connectivity index (χ2v) is 3.54. The summed E-state index contributed by atoms with van der Waals surface area (Å²) in [5, 5.41) is 2.70. The van der Waals surface area contributed by atoms with Gasteiger partial charge in [0.1, 0.15) is 5.78 Å². The zero-order valence-electron chi connectivity index (χ0n) is 9.27. The van der Waals surface area contributed by atoms with Gasteiger partial charge < -0.3 is 5.32 Å². The number of hydrogen-bond donors (Lipinski definition) is 1. The number of ketones is 1. The normalized spacial score (nSPS) is 11.6. The molecule has 0 aliphatic heterocycles. The van der Waals surface area contributed by atoms with Gasteiger partial charge in [-0.25, -0.2) is 0 Å². The molecule has 0 aliphatic carbocycles. The minimum atomic E-state index is -0.641. The van der Waals surface area contributed by atoms with Gasteiger partial charge in [-0.3, -0.25) is 9.59 Å². The summed E-state index contributed by atoms with van der Waals surface area (Å²) in [4.78, 5) is 23.0. The lowest BCUT2D eigenvalue weighted by Gasteiger charge is -2.11. The quantitative estimate of drug-likeness (QED) is 0.608. The highest BCUT2D eigenvalue weighted by Crippen LogP contribution is 2.11. The number of amides is 1. The summed E-state index contributed by atoms with van der Waals surface area (Å²) in [6.07, 6.45) is 1.95. The smallest absolute Gasteiger partial charge is 0.235 e. The predicted molar refractivity (Wildman–Crippen MR) is 64.1 cm³/mol. The van der Waals surface area contributed by atoms with Crippen molar-refractivity contribution in [2.75, 3.05) is 5.32 Å². The van der Waals surface area contributed by atoms with Crippen LogP contribution in [-0.2, 0) is 9.59 Å². The maximum absolute atomic E-state index is 11.8. The van der Waals surface area contributed by atoms with Gasteiger partial charge in [-0.1, -0.05) is 24.3 Å². The van der Waals surface area contributed by atoms with Gasteiger partial charge in [-0.05, 0) is 25.5 Å². The van der Waals surface area contributed by atoms with E-state index >= 15 is 0 Å². The van der Waals surface area contributed by atoms with Crippen molar-refractivity contribution in [3.05, 3.63) is 43.0 Å². The van der Waals surface area contributed by atoms with Gasteiger partial charge in [0.15, 0.2) is 0 Å². The van der Waals surface area contributed by atoms with Crippen molar-refractivity contribution in [1.29, 1.82) is 0 Å². The van der Waals surface area contributed by atoms with Gasteiger partial charge in [-0.15, -0.1) is 6.58 Å². The predicted octanol–water partition coefficient (Wildman–Crippen LogP) is 2.41. The fourth-order valence-corrected chi connectivity index (χ4v) is 1.38. The summed E-state index contributed by atoms with van der Waals surface area (Å²) in [6.45, 7) is 4.96. The molecule has 0 saturated heterocycles. The number of benzene rings is 1. The molecule has 1 rings (SSSR count). The van der Waals surface area contributed by atoms with E-state index in [4.69, 9.17) is 0 Å². The number of carbonyl (C=O) groups is 2. The average molecular weight is 217 g/mol. The van der Waals surface area contributed by atoms with Crippen molar-refractivity contribution in [2.45, 2.75) is 13.3 Å². The molecule has 16 heavy (non-hydrogen) atoms. The molecule has 0 radical (unpaired) electrons. The Kier molecular flexibility index (Phi) is 4.45. The first kappa shape index (κ1) is 12.2. The van der Waals surface area contributed by atoms with E-state index in [0.717, 1.165) is 0 Å². The van der Waals surface area contributed by atoms with Crippen LogP contribution in [0.5, 0.6) is 0 Å². The molecular weight excluding hydrogens is 202 g/mol. The van der Waals surface area contributed by atoms with Crippen LogP contribution >= 0.6 is 0 Å². The van der Waals surface area contributed by atoms with Crippen molar-refractivity contribution in [1.82, 2.24) is 0 Å². The van der Waals surface area contributed by atoms with E-state index in [1.165, 1.54) is 6.92 Å². The second kappa shape index (κ2) is 5.85. The summed E-state index contributed by atoms with van der Waals surface area (Å²) in [7, 11) is 0. The average Bonchev–Trinajstić information content (AvgIpc) is 2.26. The van der Waals surface area contributed by atoms with Crippen molar-refractivity contribution in [2.24, 2.45) is 5.92 Å². The summed E-state index contributed by atoms with van der Waals surface area (Å²) in [6, 6.07) is 9.08. The van der Waals surface area contributed by atoms with Crippen LogP contribution in [0.25, 0.3) is 0 Å². The van der Waals surface area contributed by atoms with Crippen LogP contribution in [0.1, 0.15) is 13.3 Å². The van der Waals surface area contributed by atoms with E-state index in [-0.39, 0.29) is 11.7 Å². The molecular formula is C13H15NO2. The van der Waals surface area contributed by atoms with Gasteiger partial charge in [0.2, 0.25) is 5.91 Å². The van der Waals surface area contributed by atoms with Gasteiger partial charge in [0.25, 0.3) is 0 Å². The molecule has 1 aromatic carbocycles. The molecule has 1 N–H and O–H groups in total. The minimum Gasteiger partial charge on any atom is -0.325 e. The molecule has 84 valence electrons. The molecule has 3 heteroatoms. The molecule has 1 atom stereocenters. The Labute approximate surface area is 95.2 Å². The maximum Gasteiger partial charge on any atom is 0.235 e. The second-order valence-electron chi connectivity index (χ2n) is 3.54. The third-order valence-electron chi connectivity index (χ3n) is 2.25. The van der Waals surface area contributed by atoms with Crippen LogP contribution < -0.4 is 5.32 Å². The van der Waals surface area contributed by atoms with E-state index in [0.29, 0.717) is 12.1 Å². The van der Waals surface area contributed by atoms with Gasteiger partial charge in [0, 0.05) is 5.69 Å². The summed E-state index contributed by atoms with van der Waals surface area (Å²) in [5.41, 5.74) is 0.697. The van der Waals surface area contributed by atoms with Crippen LogP contribution in [0.2, 0.25) is 0 Å². The third kappa shape index (κ3) is 3.35. The summed E-state index contributed by atoms with van der Waals surface area (Å²) in [5.74, 6) is -1.07. The highest BCUT2D eigenvalue weighted by atomic mass is 16.2. The molecule has 1 aromatic rings. The molecule has 0 bridgehead atoms. The summed E-state index contributed by atoms with van der Waals surface area (Å²) >= 11 is 0. The molecule has 0 saturated carbocycles. The number of para-hydroxylation sites is 1. The Bertz CT molecular complexity index is 384. The van der Waals surface area contributed by atoms with Crippen LogP contribution in [0.15, 0.2) is 43.0 Å². The van der Waals surface area contributed by atoms with E-state index < -0.39 is 5.92 Å². The fraction of sp³-hybridized carbons (Fsp3) is 0.231. The van der Waals surface area contributed by atoms with E-state index in [2.05, 4.69) is 11.9 Å². The third-order valence-corrected chi connectivity index (χ3v) is 2.25. The molecule has 0 aliphatic rings. The van der Waals surface area contributed by atoms with Crippen LogP contribution in [0.4, 0.5) is 5.69 Å².